The Hall–Kier alpha value is -2.72. The number of alkyl halides is 3. The predicted molar refractivity (Wildman–Crippen MR) is 101 cm³/mol. The summed E-state index contributed by atoms with van der Waals surface area (Å²) >= 11 is 5.84. The van der Waals surface area contributed by atoms with Crippen LogP contribution in [0.2, 0.25) is 5.28 Å². The van der Waals surface area contributed by atoms with Crippen LogP contribution in [-0.2, 0) is 25.4 Å². The minimum absolute atomic E-state index is 0.00211. The van der Waals surface area contributed by atoms with Gasteiger partial charge in [0.15, 0.2) is 5.69 Å². The number of anilines is 1. The van der Waals surface area contributed by atoms with Crippen LogP contribution in [0.1, 0.15) is 29.7 Å². The van der Waals surface area contributed by atoms with Crippen molar-refractivity contribution in [2.24, 2.45) is 7.05 Å². The molecule has 2 N–H and O–H groups in total. The minimum atomic E-state index is -4.61. The van der Waals surface area contributed by atoms with Crippen LogP contribution < -0.4 is 5.32 Å². The second kappa shape index (κ2) is 7.21. The van der Waals surface area contributed by atoms with Gasteiger partial charge in [0.1, 0.15) is 17.5 Å². The number of benzene rings is 1. The Labute approximate surface area is 173 Å². The van der Waals surface area contributed by atoms with E-state index in [0.717, 1.165) is 10.8 Å². The molecule has 1 aromatic carbocycles. The van der Waals surface area contributed by atoms with Crippen LogP contribution in [0.5, 0.6) is 0 Å². The van der Waals surface area contributed by atoms with Gasteiger partial charge in [0.05, 0.1) is 11.2 Å². The van der Waals surface area contributed by atoms with Crippen LogP contribution in [-0.4, -0.2) is 24.6 Å². The molecule has 30 heavy (non-hydrogen) atoms. The van der Waals surface area contributed by atoms with Gasteiger partial charge in [-0.1, -0.05) is 6.07 Å². The van der Waals surface area contributed by atoms with Crippen molar-refractivity contribution in [1.82, 2.24) is 19.5 Å². The molecule has 6 nitrogen and oxygen atoms in total. The van der Waals surface area contributed by atoms with Crippen molar-refractivity contribution in [3.05, 3.63) is 58.5 Å². The first kappa shape index (κ1) is 20.5. The summed E-state index contributed by atoms with van der Waals surface area (Å²) in [5.41, 5.74) is -1.09. The largest absolute Gasteiger partial charge is 0.434 e. The highest BCUT2D eigenvalue weighted by Crippen LogP contribution is 2.47. The summed E-state index contributed by atoms with van der Waals surface area (Å²) in [6, 6.07) is 4.15. The maximum absolute atomic E-state index is 14.6. The number of nitrogens with one attached hydrogen (secondary N) is 1. The quantitative estimate of drug-likeness (QED) is 0.456. The number of hydrogen-bond donors (Lipinski definition) is 2. The van der Waals surface area contributed by atoms with Gasteiger partial charge in [-0.05, 0) is 42.1 Å². The fraction of sp³-hybridized carbons (Fsp3) is 0.316. The molecule has 0 bridgehead atoms. The lowest BCUT2D eigenvalue weighted by molar-refractivity contribution is -0.140. The molecule has 1 aliphatic rings. The first-order valence-corrected chi connectivity index (χ1v) is 9.33. The zero-order valence-electron chi connectivity index (χ0n) is 15.6. The Bertz CT molecular complexity index is 1110. The van der Waals surface area contributed by atoms with E-state index in [0.29, 0.717) is 29.8 Å². The van der Waals surface area contributed by atoms with Gasteiger partial charge < -0.3 is 15.0 Å². The lowest BCUT2D eigenvalue weighted by atomic mass is 10.1. The molecule has 1 saturated carbocycles. The normalized spacial score (nSPS) is 15.3. The highest BCUT2D eigenvalue weighted by atomic mass is 35.5. The van der Waals surface area contributed by atoms with Gasteiger partial charge in [0, 0.05) is 31.5 Å². The zero-order valence-corrected chi connectivity index (χ0v) is 16.4. The molecule has 3 aromatic rings. The van der Waals surface area contributed by atoms with Crippen LogP contribution in [0, 0.1) is 5.82 Å². The van der Waals surface area contributed by atoms with E-state index in [2.05, 4.69) is 20.3 Å². The van der Waals surface area contributed by atoms with Gasteiger partial charge >= 0.3 is 6.18 Å². The molecular formula is C19H16ClF4N5O. The summed E-state index contributed by atoms with van der Waals surface area (Å²) in [5, 5.41) is 13.4. The number of rotatable bonds is 5. The third kappa shape index (κ3) is 3.97. The van der Waals surface area contributed by atoms with Crippen LogP contribution in [0.4, 0.5) is 23.4 Å². The minimum Gasteiger partial charge on any atom is -0.385 e. The molecular weight excluding hydrogens is 426 g/mol. The molecule has 1 fully saturated rings. The second-order valence-corrected chi connectivity index (χ2v) is 7.50. The fourth-order valence-corrected chi connectivity index (χ4v) is 3.25. The fourth-order valence-electron chi connectivity index (χ4n) is 3.11. The van der Waals surface area contributed by atoms with E-state index in [1.165, 1.54) is 25.4 Å². The Balaban J connectivity index is 1.56. The van der Waals surface area contributed by atoms with E-state index < -0.39 is 23.3 Å². The highest BCUT2D eigenvalue weighted by Gasteiger charge is 2.44. The molecule has 0 saturated heterocycles. The molecule has 158 valence electrons. The van der Waals surface area contributed by atoms with Gasteiger partial charge in [-0.25, -0.2) is 19.3 Å². The van der Waals surface area contributed by atoms with E-state index in [1.54, 1.807) is 6.07 Å². The molecule has 11 heteroatoms. The van der Waals surface area contributed by atoms with Gasteiger partial charge in [-0.2, -0.15) is 13.2 Å². The molecule has 0 radical (unpaired) electrons. The molecule has 2 heterocycles. The van der Waals surface area contributed by atoms with Crippen molar-refractivity contribution in [1.29, 1.82) is 0 Å². The summed E-state index contributed by atoms with van der Waals surface area (Å²) in [6.45, 7) is 0.155. The van der Waals surface area contributed by atoms with Crippen molar-refractivity contribution in [2.45, 2.75) is 31.2 Å². The number of halogens is 5. The van der Waals surface area contributed by atoms with Crippen LogP contribution in [0.15, 0.2) is 30.6 Å². The van der Waals surface area contributed by atoms with Crippen molar-refractivity contribution >= 4 is 17.4 Å². The third-order valence-corrected chi connectivity index (χ3v) is 5.07. The Morgan fingerprint density at radius 3 is 2.60 bits per heavy atom. The van der Waals surface area contributed by atoms with Gasteiger partial charge in [0.25, 0.3) is 0 Å². The summed E-state index contributed by atoms with van der Waals surface area (Å²) in [4.78, 5) is 11.5. The molecule has 4 rings (SSSR count). The van der Waals surface area contributed by atoms with Gasteiger partial charge in [-0.15, -0.1) is 0 Å². The van der Waals surface area contributed by atoms with Crippen molar-refractivity contribution in [3.8, 4) is 11.4 Å². The van der Waals surface area contributed by atoms with Gasteiger partial charge in [-0.3, -0.25) is 0 Å². The summed E-state index contributed by atoms with van der Waals surface area (Å²) in [7, 11) is 1.37. The molecule has 0 aliphatic heterocycles. The number of hydrogen-bond acceptors (Lipinski definition) is 5. The van der Waals surface area contributed by atoms with E-state index in [1.807, 2.05) is 0 Å². The van der Waals surface area contributed by atoms with Crippen LogP contribution in [0.25, 0.3) is 11.4 Å². The first-order valence-electron chi connectivity index (χ1n) is 8.95. The zero-order chi connectivity index (χ0) is 21.7. The monoisotopic (exact) mass is 441 g/mol. The molecule has 1 aliphatic carbocycles. The van der Waals surface area contributed by atoms with Crippen molar-refractivity contribution in [3.63, 3.8) is 0 Å². The summed E-state index contributed by atoms with van der Waals surface area (Å²) in [6.07, 6.45) is -1.18. The average Bonchev–Trinajstić information content (AvgIpc) is 3.28. The van der Waals surface area contributed by atoms with Gasteiger partial charge in [0.2, 0.25) is 5.28 Å². The van der Waals surface area contributed by atoms with E-state index in [4.69, 9.17) is 11.6 Å². The number of imidazole rings is 1. The average molecular weight is 442 g/mol. The molecule has 0 spiro atoms. The maximum Gasteiger partial charge on any atom is 0.434 e. The third-order valence-electron chi connectivity index (χ3n) is 4.89. The highest BCUT2D eigenvalue weighted by molar-refractivity contribution is 6.28. The predicted octanol–water partition coefficient (Wildman–Crippen LogP) is 4.28. The molecule has 2 aromatic heterocycles. The van der Waals surface area contributed by atoms with Crippen molar-refractivity contribution < 1.29 is 22.7 Å². The van der Waals surface area contributed by atoms with Crippen LogP contribution in [0.3, 0.4) is 0 Å². The number of aliphatic hydroxyl groups is 1. The van der Waals surface area contributed by atoms with Crippen molar-refractivity contribution in [2.75, 3.05) is 5.32 Å². The number of aromatic nitrogens is 4. The smallest absolute Gasteiger partial charge is 0.385 e. The first-order chi connectivity index (χ1) is 14.1. The molecule has 0 unspecified atom stereocenters. The second-order valence-electron chi connectivity index (χ2n) is 7.16. The Morgan fingerprint density at radius 2 is 2.00 bits per heavy atom. The summed E-state index contributed by atoms with van der Waals surface area (Å²) in [5.74, 6) is -0.489. The number of aryl methyl sites for hydroxylation is 1. The lowest BCUT2D eigenvalue weighted by Crippen LogP contribution is -2.13. The number of nitrogens with zero attached hydrogens (tertiary/aromatic N) is 4. The van der Waals surface area contributed by atoms with E-state index >= 15 is 0 Å². The Kier molecular flexibility index (Phi) is 4.94. The molecule has 0 amide bonds. The Morgan fingerprint density at radius 1 is 1.27 bits per heavy atom. The van der Waals surface area contributed by atoms with Crippen LogP contribution >= 0.6 is 11.6 Å². The van der Waals surface area contributed by atoms with E-state index in [-0.39, 0.29) is 23.2 Å². The SMILES string of the molecule is Cn1cc(C(F)(F)F)nc1-c1ccc(CNc2nc(Cl)ncc2C2(O)CC2)cc1F. The van der Waals surface area contributed by atoms with E-state index in [9.17, 15) is 22.7 Å². The standard InChI is InChI=1S/C19H16ClF4N5O/c1-29-9-14(19(22,23)24)27-16(29)11-3-2-10(6-13(11)21)7-25-15-12(18(30)4-5-18)8-26-17(20)28-15/h2-3,6,8-9,30H,4-5,7H2,1H3,(H,25,26,28). The lowest BCUT2D eigenvalue weighted by Gasteiger charge is -2.15. The maximum atomic E-state index is 14.6. The molecule has 0 atom stereocenters. The topological polar surface area (TPSA) is 75.9 Å². The summed E-state index contributed by atoms with van der Waals surface area (Å²) < 4.78 is 54.3.